The van der Waals surface area contributed by atoms with Gasteiger partial charge in [0.2, 0.25) is 5.91 Å². The lowest BCUT2D eigenvalue weighted by Gasteiger charge is -2.15. The highest BCUT2D eigenvalue weighted by Gasteiger charge is 2.21. The van der Waals surface area contributed by atoms with Crippen LogP contribution in [0, 0.1) is 0 Å². The van der Waals surface area contributed by atoms with E-state index >= 15 is 0 Å². The molecular weight excluding hydrogens is 344 g/mol. The summed E-state index contributed by atoms with van der Waals surface area (Å²) >= 11 is 0. The van der Waals surface area contributed by atoms with E-state index in [0.29, 0.717) is 19.1 Å². The van der Waals surface area contributed by atoms with E-state index in [1.165, 1.54) is 5.56 Å². The SMILES string of the molecule is CCCNC(=NCc1cc2c(cc1OCC)CC(C)O2)NCC(=O)N(C)C. The Hall–Kier alpha value is -2.44. The van der Waals surface area contributed by atoms with Gasteiger partial charge in [-0.15, -0.1) is 0 Å². The number of ether oxygens (including phenoxy) is 2. The van der Waals surface area contributed by atoms with Crippen LogP contribution < -0.4 is 20.1 Å². The van der Waals surface area contributed by atoms with Crippen LogP contribution in [0.4, 0.5) is 0 Å². The standard InChI is InChI=1S/C20H32N4O3/c1-6-8-21-20(23-13-19(25)24(4)5)22-12-16-11-18-15(9-14(3)27-18)10-17(16)26-7-2/h10-11,14H,6-9,12-13H2,1-5H3,(H2,21,22,23). The highest BCUT2D eigenvalue weighted by molar-refractivity contribution is 5.86. The van der Waals surface area contributed by atoms with Gasteiger partial charge in [-0.05, 0) is 32.4 Å². The molecule has 7 nitrogen and oxygen atoms in total. The number of hydrogen-bond donors (Lipinski definition) is 2. The zero-order valence-corrected chi connectivity index (χ0v) is 17.1. The molecule has 1 atom stereocenters. The third kappa shape index (κ3) is 6.05. The van der Waals surface area contributed by atoms with E-state index in [1.54, 1.807) is 19.0 Å². The molecule has 7 heteroatoms. The molecular formula is C20H32N4O3. The van der Waals surface area contributed by atoms with Crippen molar-refractivity contribution in [2.75, 3.05) is 33.8 Å². The summed E-state index contributed by atoms with van der Waals surface area (Å²) in [5.74, 6) is 2.37. The smallest absolute Gasteiger partial charge is 0.241 e. The molecule has 0 aliphatic carbocycles. The lowest BCUT2D eigenvalue weighted by molar-refractivity contribution is -0.127. The fourth-order valence-electron chi connectivity index (χ4n) is 2.79. The third-order valence-corrected chi connectivity index (χ3v) is 4.23. The summed E-state index contributed by atoms with van der Waals surface area (Å²) in [6.07, 6.45) is 2.06. The molecule has 1 aliphatic heterocycles. The second-order valence-electron chi connectivity index (χ2n) is 6.87. The molecule has 0 fully saturated rings. The molecule has 2 N–H and O–H groups in total. The number of benzene rings is 1. The van der Waals surface area contributed by atoms with Crippen LogP contribution in [0.3, 0.4) is 0 Å². The van der Waals surface area contributed by atoms with E-state index in [-0.39, 0.29) is 18.6 Å². The van der Waals surface area contributed by atoms with Crippen LogP contribution in [-0.2, 0) is 17.8 Å². The number of carbonyl (C=O) groups excluding carboxylic acids is 1. The Labute approximate surface area is 162 Å². The van der Waals surface area contributed by atoms with Crippen LogP contribution in [0.1, 0.15) is 38.3 Å². The van der Waals surface area contributed by atoms with Gasteiger partial charge < -0.3 is 25.0 Å². The van der Waals surface area contributed by atoms with Crippen LogP contribution in [-0.4, -0.2) is 56.7 Å². The maximum Gasteiger partial charge on any atom is 0.241 e. The minimum Gasteiger partial charge on any atom is -0.494 e. The first-order chi connectivity index (χ1) is 12.9. The largest absolute Gasteiger partial charge is 0.494 e. The van der Waals surface area contributed by atoms with Crippen molar-refractivity contribution in [3.63, 3.8) is 0 Å². The van der Waals surface area contributed by atoms with E-state index in [9.17, 15) is 4.79 Å². The fraction of sp³-hybridized carbons (Fsp3) is 0.600. The number of hydrogen-bond acceptors (Lipinski definition) is 4. The van der Waals surface area contributed by atoms with Gasteiger partial charge in [0.05, 0.1) is 19.7 Å². The number of amides is 1. The van der Waals surface area contributed by atoms with Gasteiger partial charge in [-0.1, -0.05) is 6.92 Å². The summed E-state index contributed by atoms with van der Waals surface area (Å²) in [6, 6.07) is 4.09. The van der Waals surface area contributed by atoms with Crippen molar-refractivity contribution in [2.24, 2.45) is 4.99 Å². The van der Waals surface area contributed by atoms with Crippen molar-refractivity contribution < 1.29 is 14.3 Å². The first kappa shape index (κ1) is 20.9. The number of carbonyl (C=O) groups is 1. The van der Waals surface area contributed by atoms with Gasteiger partial charge in [-0.25, -0.2) is 4.99 Å². The zero-order valence-electron chi connectivity index (χ0n) is 17.1. The molecule has 150 valence electrons. The molecule has 0 aromatic heterocycles. The molecule has 2 rings (SSSR count). The van der Waals surface area contributed by atoms with Crippen LogP contribution >= 0.6 is 0 Å². The molecule has 0 bridgehead atoms. The van der Waals surface area contributed by atoms with Crippen molar-refractivity contribution in [1.29, 1.82) is 0 Å². The molecule has 1 amide bonds. The summed E-state index contributed by atoms with van der Waals surface area (Å²) in [4.78, 5) is 18.0. The van der Waals surface area contributed by atoms with Gasteiger partial charge in [-0.3, -0.25) is 4.79 Å². The maximum atomic E-state index is 11.8. The van der Waals surface area contributed by atoms with Gasteiger partial charge in [0.25, 0.3) is 0 Å². The van der Waals surface area contributed by atoms with Crippen molar-refractivity contribution in [3.05, 3.63) is 23.3 Å². The Morgan fingerprint density at radius 3 is 2.78 bits per heavy atom. The molecule has 27 heavy (non-hydrogen) atoms. The van der Waals surface area contributed by atoms with E-state index in [0.717, 1.165) is 36.4 Å². The molecule has 1 aliphatic rings. The Kier molecular flexibility index (Phi) is 7.76. The Morgan fingerprint density at radius 2 is 2.11 bits per heavy atom. The normalized spacial score (nSPS) is 15.7. The second kappa shape index (κ2) is 10.0. The Morgan fingerprint density at radius 1 is 1.33 bits per heavy atom. The Balaban J connectivity index is 2.15. The number of aliphatic imine (C=N–C) groups is 1. The van der Waals surface area contributed by atoms with Crippen LogP contribution in [0.5, 0.6) is 11.5 Å². The van der Waals surface area contributed by atoms with Crippen molar-refractivity contribution in [1.82, 2.24) is 15.5 Å². The summed E-state index contributed by atoms with van der Waals surface area (Å²) in [7, 11) is 3.47. The molecule has 1 aromatic rings. The summed E-state index contributed by atoms with van der Waals surface area (Å²) in [5.41, 5.74) is 2.15. The van der Waals surface area contributed by atoms with E-state index in [2.05, 4.69) is 35.5 Å². The van der Waals surface area contributed by atoms with E-state index in [1.807, 2.05) is 13.0 Å². The number of nitrogens with zero attached hydrogens (tertiary/aromatic N) is 2. The first-order valence-electron chi connectivity index (χ1n) is 9.62. The fourth-order valence-corrected chi connectivity index (χ4v) is 2.79. The van der Waals surface area contributed by atoms with Gasteiger partial charge in [0.1, 0.15) is 17.6 Å². The van der Waals surface area contributed by atoms with Gasteiger partial charge >= 0.3 is 0 Å². The van der Waals surface area contributed by atoms with E-state index in [4.69, 9.17) is 9.47 Å². The molecule has 1 heterocycles. The number of fused-ring (bicyclic) bond motifs is 1. The lowest BCUT2D eigenvalue weighted by atomic mass is 10.1. The lowest BCUT2D eigenvalue weighted by Crippen LogP contribution is -2.43. The van der Waals surface area contributed by atoms with Crippen LogP contribution in [0.2, 0.25) is 0 Å². The predicted octanol–water partition coefficient (Wildman–Crippen LogP) is 1.94. The van der Waals surface area contributed by atoms with Crippen molar-refractivity contribution in [3.8, 4) is 11.5 Å². The predicted molar refractivity (Wildman–Crippen MR) is 108 cm³/mol. The summed E-state index contributed by atoms with van der Waals surface area (Å²) in [6.45, 7) is 8.15. The van der Waals surface area contributed by atoms with Crippen molar-refractivity contribution >= 4 is 11.9 Å². The molecule has 0 saturated carbocycles. The summed E-state index contributed by atoms with van der Waals surface area (Å²) in [5, 5.41) is 6.33. The first-order valence-corrected chi connectivity index (χ1v) is 9.62. The zero-order chi connectivity index (χ0) is 19.8. The number of rotatable bonds is 8. The quantitative estimate of drug-likeness (QED) is 0.536. The number of guanidine groups is 1. The average Bonchev–Trinajstić information content (AvgIpc) is 2.99. The monoisotopic (exact) mass is 376 g/mol. The minimum absolute atomic E-state index is 0.00378. The van der Waals surface area contributed by atoms with Crippen LogP contribution in [0.15, 0.2) is 17.1 Å². The van der Waals surface area contributed by atoms with Crippen LogP contribution in [0.25, 0.3) is 0 Å². The minimum atomic E-state index is -0.00378. The highest BCUT2D eigenvalue weighted by Crippen LogP contribution is 2.35. The molecule has 0 spiro atoms. The van der Waals surface area contributed by atoms with Gasteiger partial charge in [-0.2, -0.15) is 0 Å². The van der Waals surface area contributed by atoms with Gasteiger partial charge in [0.15, 0.2) is 5.96 Å². The number of likely N-dealkylation sites (N-methyl/N-ethyl adjacent to an activating group) is 1. The maximum absolute atomic E-state index is 11.8. The molecule has 1 aromatic carbocycles. The van der Waals surface area contributed by atoms with Crippen molar-refractivity contribution in [2.45, 2.75) is 46.3 Å². The average molecular weight is 377 g/mol. The molecule has 0 saturated heterocycles. The number of nitrogens with one attached hydrogen (secondary N) is 2. The third-order valence-electron chi connectivity index (χ3n) is 4.23. The van der Waals surface area contributed by atoms with E-state index < -0.39 is 0 Å². The Bertz CT molecular complexity index is 673. The molecule has 0 radical (unpaired) electrons. The second-order valence-corrected chi connectivity index (χ2v) is 6.87. The highest BCUT2D eigenvalue weighted by atomic mass is 16.5. The molecule has 1 unspecified atom stereocenters. The topological polar surface area (TPSA) is 75.2 Å². The summed E-state index contributed by atoms with van der Waals surface area (Å²) < 4.78 is 11.7. The van der Waals surface area contributed by atoms with Gasteiger partial charge in [0, 0.05) is 38.2 Å².